The van der Waals surface area contributed by atoms with Crippen LogP contribution in [0.15, 0.2) is 89.8 Å². The van der Waals surface area contributed by atoms with E-state index in [2.05, 4.69) is 27.6 Å². The lowest BCUT2D eigenvalue weighted by molar-refractivity contribution is 0.581. The molecule has 0 saturated carbocycles. The zero-order valence-corrected chi connectivity index (χ0v) is 16.8. The molecule has 134 valence electrons. The Morgan fingerprint density at radius 1 is 0.808 bits per heavy atom. The van der Waals surface area contributed by atoms with Gasteiger partial charge in [0.1, 0.15) is 0 Å². The summed E-state index contributed by atoms with van der Waals surface area (Å²) in [5.74, 6) is 0. The van der Waals surface area contributed by atoms with Crippen molar-refractivity contribution in [1.82, 2.24) is 4.72 Å². The number of rotatable bonds is 6. The topological polar surface area (TPSA) is 46.2 Å². The van der Waals surface area contributed by atoms with Gasteiger partial charge in [0.15, 0.2) is 0 Å². The Morgan fingerprint density at radius 3 is 1.77 bits per heavy atom. The van der Waals surface area contributed by atoms with Gasteiger partial charge < -0.3 is 0 Å². The maximum atomic E-state index is 12.8. The van der Waals surface area contributed by atoms with Crippen molar-refractivity contribution in [3.05, 3.63) is 102 Å². The average Bonchev–Trinajstić information content (AvgIpc) is 2.69. The number of alkyl halides is 1. The van der Waals surface area contributed by atoms with E-state index >= 15 is 0 Å². The van der Waals surface area contributed by atoms with Crippen LogP contribution < -0.4 is 4.72 Å². The first-order valence-corrected chi connectivity index (χ1v) is 10.9. The second-order valence-corrected chi connectivity index (χ2v) is 8.43. The SMILES string of the molecule is CC(c1ccccc1)(c1ccccc1)c1ccccc1S(=O)(=O)NCBr. The highest BCUT2D eigenvalue weighted by Crippen LogP contribution is 2.41. The Balaban J connectivity index is 2.33. The van der Waals surface area contributed by atoms with Gasteiger partial charge in [0.2, 0.25) is 10.0 Å². The minimum atomic E-state index is -3.64. The molecule has 0 fully saturated rings. The molecule has 0 aliphatic heterocycles. The van der Waals surface area contributed by atoms with E-state index in [0.29, 0.717) is 0 Å². The molecular weight excluding hydrogens is 410 g/mol. The summed E-state index contributed by atoms with van der Waals surface area (Å²) >= 11 is 3.16. The number of sulfonamides is 1. The van der Waals surface area contributed by atoms with Crippen LogP contribution in [0.1, 0.15) is 23.6 Å². The highest BCUT2D eigenvalue weighted by atomic mass is 79.9. The molecule has 0 heterocycles. The van der Waals surface area contributed by atoms with Crippen LogP contribution in [0.4, 0.5) is 0 Å². The van der Waals surface area contributed by atoms with Crippen molar-refractivity contribution < 1.29 is 8.42 Å². The van der Waals surface area contributed by atoms with Gasteiger partial charge in [0.25, 0.3) is 0 Å². The third-order valence-corrected chi connectivity index (χ3v) is 6.77. The molecule has 0 aromatic heterocycles. The Bertz CT molecular complexity index is 934. The quantitative estimate of drug-likeness (QED) is 0.351. The lowest BCUT2D eigenvalue weighted by Crippen LogP contribution is -2.30. The largest absolute Gasteiger partial charge is 0.241 e. The summed E-state index contributed by atoms with van der Waals surface area (Å²) in [4.78, 5) is 0.287. The Morgan fingerprint density at radius 2 is 1.27 bits per heavy atom. The van der Waals surface area contributed by atoms with E-state index in [9.17, 15) is 8.42 Å². The molecule has 0 aliphatic rings. The molecule has 1 N–H and O–H groups in total. The molecule has 3 aromatic carbocycles. The molecular formula is C21H20BrNO2S. The van der Waals surface area contributed by atoms with E-state index in [0.717, 1.165) is 16.7 Å². The van der Waals surface area contributed by atoms with Crippen LogP contribution in [0.3, 0.4) is 0 Å². The summed E-state index contributed by atoms with van der Waals surface area (Å²) in [7, 11) is -3.64. The number of hydrogen-bond acceptors (Lipinski definition) is 2. The van der Waals surface area contributed by atoms with Gasteiger partial charge in [-0.2, -0.15) is 0 Å². The first-order valence-electron chi connectivity index (χ1n) is 8.26. The van der Waals surface area contributed by atoms with E-state index in [1.54, 1.807) is 12.1 Å². The van der Waals surface area contributed by atoms with Crippen LogP contribution in [0, 0.1) is 0 Å². The molecule has 0 bridgehead atoms. The average molecular weight is 430 g/mol. The zero-order chi connectivity index (χ0) is 18.6. The molecule has 0 spiro atoms. The van der Waals surface area contributed by atoms with Gasteiger partial charge in [-0.15, -0.1) is 0 Å². The van der Waals surface area contributed by atoms with Crippen LogP contribution in [-0.2, 0) is 15.4 Å². The lowest BCUT2D eigenvalue weighted by Gasteiger charge is -2.33. The molecule has 3 rings (SSSR count). The van der Waals surface area contributed by atoms with Crippen molar-refractivity contribution in [2.24, 2.45) is 0 Å². The first-order chi connectivity index (χ1) is 12.5. The van der Waals surface area contributed by atoms with E-state index in [1.165, 1.54) is 0 Å². The summed E-state index contributed by atoms with van der Waals surface area (Å²) < 4.78 is 28.2. The lowest BCUT2D eigenvalue weighted by atomic mass is 9.71. The van der Waals surface area contributed by atoms with Crippen LogP contribution in [0.2, 0.25) is 0 Å². The van der Waals surface area contributed by atoms with Gasteiger partial charge in [-0.3, -0.25) is 0 Å². The van der Waals surface area contributed by atoms with E-state index < -0.39 is 15.4 Å². The molecule has 0 atom stereocenters. The molecule has 0 amide bonds. The summed E-state index contributed by atoms with van der Waals surface area (Å²) in [5.41, 5.74) is 2.36. The number of hydrogen-bond donors (Lipinski definition) is 1. The highest BCUT2D eigenvalue weighted by Gasteiger charge is 2.35. The predicted molar refractivity (Wildman–Crippen MR) is 109 cm³/mol. The maximum Gasteiger partial charge on any atom is 0.241 e. The van der Waals surface area contributed by atoms with Gasteiger partial charge in [0.05, 0.1) is 10.3 Å². The van der Waals surface area contributed by atoms with Crippen molar-refractivity contribution >= 4 is 26.0 Å². The molecule has 0 unspecified atom stereocenters. The molecule has 3 nitrogen and oxygen atoms in total. The van der Waals surface area contributed by atoms with Crippen LogP contribution in [-0.4, -0.2) is 13.9 Å². The summed E-state index contributed by atoms with van der Waals surface area (Å²) in [6.45, 7) is 2.07. The van der Waals surface area contributed by atoms with E-state index in [1.807, 2.05) is 72.8 Å². The van der Waals surface area contributed by atoms with Gasteiger partial charge in [-0.1, -0.05) is 94.8 Å². The number of nitrogens with one attached hydrogen (secondary N) is 1. The Labute approximate surface area is 163 Å². The van der Waals surface area contributed by atoms with Crippen LogP contribution in [0.25, 0.3) is 0 Å². The maximum absolute atomic E-state index is 12.8. The van der Waals surface area contributed by atoms with Crippen molar-refractivity contribution in [3.63, 3.8) is 0 Å². The molecule has 0 aliphatic carbocycles. The third-order valence-electron chi connectivity index (χ3n) is 4.66. The predicted octanol–water partition coefficient (Wildman–Crippen LogP) is 4.67. The van der Waals surface area contributed by atoms with Gasteiger partial charge in [-0.05, 0) is 29.7 Å². The molecule has 0 saturated heterocycles. The van der Waals surface area contributed by atoms with E-state index in [-0.39, 0.29) is 10.3 Å². The second-order valence-electron chi connectivity index (χ2n) is 6.13. The summed E-state index contributed by atoms with van der Waals surface area (Å²) in [6, 6.07) is 27.2. The second kappa shape index (κ2) is 7.74. The van der Waals surface area contributed by atoms with Gasteiger partial charge >= 0.3 is 0 Å². The zero-order valence-electron chi connectivity index (χ0n) is 14.4. The summed E-state index contributed by atoms with van der Waals surface area (Å²) in [6.07, 6.45) is 0. The monoisotopic (exact) mass is 429 g/mol. The molecule has 0 radical (unpaired) electrons. The Hall–Kier alpha value is -1.95. The molecule has 5 heteroatoms. The first kappa shape index (κ1) is 18.8. The molecule has 26 heavy (non-hydrogen) atoms. The minimum Gasteiger partial charge on any atom is -0.207 e. The fraction of sp³-hybridized carbons (Fsp3) is 0.143. The van der Waals surface area contributed by atoms with Crippen molar-refractivity contribution in [2.75, 3.05) is 5.45 Å². The number of halogens is 1. The Kier molecular flexibility index (Phi) is 5.61. The molecule has 3 aromatic rings. The van der Waals surface area contributed by atoms with Crippen LogP contribution in [0.5, 0.6) is 0 Å². The van der Waals surface area contributed by atoms with Crippen molar-refractivity contribution in [2.45, 2.75) is 17.2 Å². The summed E-state index contributed by atoms with van der Waals surface area (Å²) in [5, 5.41) is 0. The standard InChI is InChI=1S/C21H20BrNO2S/c1-21(17-10-4-2-5-11-17,18-12-6-3-7-13-18)19-14-8-9-15-20(19)26(24,25)23-16-22/h2-15,23H,16H2,1H3. The van der Waals surface area contributed by atoms with Gasteiger partial charge in [-0.25, -0.2) is 13.1 Å². The smallest absolute Gasteiger partial charge is 0.207 e. The van der Waals surface area contributed by atoms with Crippen LogP contribution >= 0.6 is 15.9 Å². The normalized spacial score (nSPS) is 12.1. The van der Waals surface area contributed by atoms with Gasteiger partial charge in [0, 0.05) is 5.41 Å². The van der Waals surface area contributed by atoms with Crippen molar-refractivity contribution in [3.8, 4) is 0 Å². The van der Waals surface area contributed by atoms with Crippen molar-refractivity contribution in [1.29, 1.82) is 0 Å². The minimum absolute atomic E-state index is 0.164. The highest BCUT2D eigenvalue weighted by molar-refractivity contribution is 9.09. The third kappa shape index (κ3) is 3.47. The fourth-order valence-electron chi connectivity index (χ4n) is 3.28. The van der Waals surface area contributed by atoms with E-state index in [4.69, 9.17) is 0 Å². The number of benzene rings is 3. The fourth-order valence-corrected chi connectivity index (χ4v) is 5.31.